The summed E-state index contributed by atoms with van der Waals surface area (Å²) >= 11 is 0. The van der Waals surface area contributed by atoms with Crippen molar-refractivity contribution in [3.63, 3.8) is 0 Å². The molecule has 0 saturated carbocycles. The molecule has 3 aromatic rings. The molecule has 0 spiro atoms. The predicted molar refractivity (Wildman–Crippen MR) is 120 cm³/mol. The maximum atomic E-state index is 13.3. The van der Waals surface area contributed by atoms with Gasteiger partial charge in [0.1, 0.15) is 0 Å². The number of hydrogen-bond donors (Lipinski definition) is 0. The van der Waals surface area contributed by atoms with Crippen molar-refractivity contribution < 1.29 is 14.3 Å². The number of ketones is 1. The number of nitrogens with zero attached hydrogens (tertiary/aromatic N) is 2. The van der Waals surface area contributed by atoms with Crippen LogP contribution in [0.3, 0.4) is 0 Å². The number of carbonyl (C=O) groups excluding carboxylic acids is 1. The Labute approximate surface area is 180 Å². The van der Waals surface area contributed by atoms with Gasteiger partial charge in [-0.05, 0) is 18.1 Å². The number of ether oxygens (including phenoxy) is 2. The van der Waals surface area contributed by atoms with E-state index in [1.54, 1.807) is 32.9 Å². The molecule has 0 aliphatic heterocycles. The molecule has 3 rings (SSSR count). The molecule has 0 fully saturated rings. The van der Waals surface area contributed by atoms with Gasteiger partial charge in [0.05, 0.1) is 31.7 Å². The fourth-order valence-corrected chi connectivity index (χ4v) is 3.36. The average Bonchev–Trinajstić information content (AvgIpc) is 2.75. The van der Waals surface area contributed by atoms with Gasteiger partial charge >= 0.3 is 5.69 Å². The van der Waals surface area contributed by atoms with Crippen molar-refractivity contribution in [3.8, 4) is 11.5 Å². The summed E-state index contributed by atoms with van der Waals surface area (Å²) < 4.78 is 13.2. The molecule has 1 heterocycles. The highest BCUT2D eigenvalue weighted by Crippen LogP contribution is 2.30. The van der Waals surface area contributed by atoms with Crippen molar-refractivity contribution in [2.45, 2.75) is 40.3 Å². The van der Waals surface area contributed by atoms with Gasteiger partial charge < -0.3 is 9.47 Å². The van der Waals surface area contributed by atoms with E-state index < -0.39 is 16.7 Å². The monoisotopic (exact) mass is 424 g/mol. The molecule has 0 unspecified atom stereocenters. The molecule has 0 amide bonds. The standard InChI is InChI=1S/C24H28N2O5/c1-24(2,3)21(27)15-26-18-14-20(31-5)19(30-4)13-17(18)22(28)25(23(26)29)12-11-16-9-7-6-8-10-16/h6-10,13-14H,11-12,15H2,1-5H3. The minimum absolute atomic E-state index is 0.112. The molecule has 0 radical (unpaired) electrons. The third kappa shape index (κ3) is 4.55. The normalized spacial score (nSPS) is 11.5. The Morgan fingerprint density at radius 1 is 0.935 bits per heavy atom. The number of benzene rings is 2. The maximum absolute atomic E-state index is 13.3. The van der Waals surface area contributed by atoms with Gasteiger partial charge in [-0.25, -0.2) is 4.79 Å². The molecule has 0 bridgehead atoms. The third-order valence-corrected chi connectivity index (χ3v) is 5.34. The lowest BCUT2D eigenvalue weighted by molar-refractivity contribution is -0.126. The number of aromatic nitrogens is 2. The summed E-state index contributed by atoms with van der Waals surface area (Å²) in [5, 5.41) is 0.298. The smallest absolute Gasteiger partial charge is 0.331 e. The van der Waals surface area contributed by atoms with E-state index in [2.05, 4.69) is 0 Å². The van der Waals surface area contributed by atoms with E-state index in [1.165, 1.54) is 23.4 Å². The zero-order valence-corrected chi connectivity index (χ0v) is 18.6. The fourth-order valence-electron chi connectivity index (χ4n) is 3.36. The number of methoxy groups -OCH3 is 2. The Hall–Kier alpha value is -3.35. The first-order chi connectivity index (χ1) is 14.7. The van der Waals surface area contributed by atoms with Crippen LogP contribution < -0.4 is 20.7 Å². The van der Waals surface area contributed by atoms with Gasteiger partial charge in [-0.15, -0.1) is 0 Å². The van der Waals surface area contributed by atoms with Crippen molar-refractivity contribution in [1.82, 2.24) is 9.13 Å². The summed E-state index contributed by atoms with van der Waals surface area (Å²) in [7, 11) is 2.96. The summed E-state index contributed by atoms with van der Waals surface area (Å²) in [6.07, 6.45) is 0.516. The SMILES string of the molecule is COc1cc2c(=O)n(CCc3ccccc3)c(=O)n(CC(=O)C(C)(C)C)c2cc1OC. The molecule has 7 nitrogen and oxygen atoms in total. The number of aryl methyl sites for hydroxylation is 1. The lowest BCUT2D eigenvalue weighted by Crippen LogP contribution is -2.42. The second kappa shape index (κ2) is 8.79. The molecule has 0 aliphatic rings. The molecule has 0 N–H and O–H groups in total. The van der Waals surface area contributed by atoms with Crippen LogP contribution in [0.4, 0.5) is 0 Å². The minimum atomic E-state index is -0.632. The highest BCUT2D eigenvalue weighted by Gasteiger charge is 2.24. The van der Waals surface area contributed by atoms with Gasteiger partial charge in [0.25, 0.3) is 5.56 Å². The van der Waals surface area contributed by atoms with Crippen LogP contribution in [0.1, 0.15) is 26.3 Å². The van der Waals surface area contributed by atoms with Crippen LogP contribution in [-0.4, -0.2) is 29.1 Å². The quantitative estimate of drug-likeness (QED) is 0.583. The average molecular weight is 424 g/mol. The van der Waals surface area contributed by atoms with Gasteiger partial charge in [-0.1, -0.05) is 51.1 Å². The predicted octanol–water partition coefficient (Wildman–Crippen LogP) is 3.04. The molecular formula is C24H28N2O5. The first kappa shape index (κ1) is 22.3. The van der Waals surface area contributed by atoms with E-state index >= 15 is 0 Å². The molecule has 164 valence electrons. The number of hydrogen-bond acceptors (Lipinski definition) is 5. The first-order valence-corrected chi connectivity index (χ1v) is 10.1. The Morgan fingerprint density at radius 2 is 1.55 bits per heavy atom. The van der Waals surface area contributed by atoms with E-state index in [0.717, 1.165) is 5.56 Å². The molecule has 0 atom stereocenters. The number of fused-ring (bicyclic) bond motifs is 1. The van der Waals surface area contributed by atoms with Crippen LogP contribution in [0.15, 0.2) is 52.1 Å². The molecule has 2 aromatic carbocycles. The fraction of sp³-hybridized carbons (Fsp3) is 0.375. The van der Waals surface area contributed by atoms with Crippen molar-refractivity contribution >= 4 is 16.7 Å². The van der Waals surface area contributed by atoms with E-state index in [4.69, 9.17) is 9.47 Å². The van der Waals surface area contributed by atoms with Gasteiger partial charge in [0.2, 0.25) is 0 Å². The van der Waals surface area contributed by atoms with Crippen LogP contribution in [-0.2, 0) is 24.3 Å². The molecular weight excluding hydrogens is 396 g/mol. The number of carbonyl (C=O) groups is 1. The lowest BCUT2D eigenvalue weighted by atomic mass is 9.91. The van der Waals surface area contributed by atoms with Crippen molar-refractivity contribution in [2.24, 2.45) is 5.41 Å². The number of rotatable bonds is 7. The van der Waals surface area contributed by atoms with E-state index in [1.807, 2.05) is 30.3 Å². The Kier molecular flexibility index (Phi) is 6.34. The molecule has 0 saturated heterocycles. The number of Topliss-reactive ketones (excluding diaryl/α,β-unsaturated/α-hetero) is 1. The van der Waals surface area contributed by atoms with Crippen LogP contribution in [0.5, 0.6) is 11.5 Å². The van der Waals surface area contributed by atoms with Crippen molar-refractivity contribution in [2.75, 3.05) is 14.2 Å². The highest BCUT2D eigenvalue weighted by molar-refractivity contribution is 5.87. The summed E-state index contributed by atoms with van der Waals surface area (Å²) in [4.78, 5) is 39.4. The van der Waals surface area contributed by atoms with E-state index in [9.17, 15) is 14.4 Å². The molecule has 31 heavy (non-hydrogen) atoms. The van der Waals surface area contributed by atoms with Crippen LogP contribution >= 0.6 is 0 Å². The summed E-state index contributed by atoms with van der Waals surface area (Å²) in [5.74, 6) is 0.654. The Balaban J connectivity index is 2.22. The zero-order chi connectivity index (χ0) is 22.8. The summed E-state index contributed by atoms with van der Waals surface area (Å²) in [6.45, 7) is 5.47. The molecule has 7 heteroatoms. The van der Waals surface area contributed by atoms with E-state index in [0.29, 0.717) is 28.8 Å². The Morgan fingerprint density at radius 3 is 2.13 bits per heavy atom. The summed E-state index contributed by atoms with van der Waals surface area (Å²) in [5.41, 5.74) is -0.206. The van der Waals surface area contributed by atoms with Crippen LogP contribution in [0.2, 0.25) is 0 Å². The van der Waals surface area contributed by atoms with Crippen LogP contribution in [0.25, 0.3) is 10.9 Å². The van der Waals surface area contributed by atoms with Gasteiger partial charge in [0, 0.05) is 18.0 Å². The second-order valence-electron chi connectivity index (χ2n) is 8.46. The van der Waals surface area contributed by atoms with Gasteiger partial charge in [-0.2, -0.15) is 0 Å². The topological polar surface area (TPSA) is 79.5 Å². The van der Waals surface area contributed by atoms with Crippen molar-refractivity contribution in [1.29, 1.82) is 0 Å². The largest absolute Gasteiger partial charge is 0.493 e. The summed E-state index contributed by atoms with van der Waals surface area (Å²) in [6, 6.07) is 12.8. The van der Waals surface area contributed by atoms with E-state index in [-0.39, 0.29) is 18.9 Å². The molecule has 1 aromatic heterocycles. The van der Waals surface area contributed by atoms with Gasteiger partial charge in [0.15, 0.2) is 17.3 Å². The first-order valence-electron chi connectivity index (χ1n) is 10.1. The lowest BCUT2D eigenvalue weighted by Gasteiger charge is -2.20. The van der Waals surface area contributed by atoms with Crippen LogP contribution in [0, 0.1) is 5.41 Å². The van der Waals surface area contributed by atoms with Crippen molar-refractivity contribution in [3.05, 3.63) is 68.9 Å². The highest BCUT2D eigenvalue weighted by atomic mass is 16.5. The Bertz CT molecular complexity index is 1220. The second-order valence-corrected chi connectivity index (χ2v) is 8.46. The maximum Gasteiger partial charge on any atom is 0.331 e. The minimum Gasteiger partial charge on any atom is -0.493 e. The zero-order valence-electron chi connectivity index (χ0n) is 18.6. The van der Waals surface area contributed by atoms with Gasteiger partial charge in [-0.3, -0.25) is 18.7 Å². The molecule has 0 aliphatic carbocycles. The third-order valence-electron chi connectivity index (χ3n) is 5.34.